The topological polar surface area (TPSA) is 84.6 Å². The van der Waals surface area contributed by atoms with Gasteiger partial charge in [-0.05, 0) is 36.6 Å². The lowest BCUT2D eigenvalue weighted by molar-refractivity contribution is -0.137. The van der Waals surface area contributed by atoms with Crippen LogP contribution in [-0.4, -0.2) is 17.5 Å². The largest absolute Gasteiger partial charge is 0.361 e. The summed E-state index contributed by atoms with van der Waals surface area (Å²) in [6, 6.07) is 5.26. The standard InChI is InChI=1S/C17H21Cl2N3O2/c1-2-3-4-5-6-13(21-22-17(24)16(20)23)9-7-12-8-10-14(18)15(19)11-12/h7-11H,2-6H2,1H3,(H2,20,23)(H,22,24)/b9-7-,21-13+. The molecule has 0 aromatic heterocycles. The fourth-order valence-corrected chi connectivity index (χ4v) is 2.20. The molecule has 130 valence electrons. The van der Waals surface area contributed by atoms with Crippen molar-refractivity contribution in [3.63, 3.8) is 0 Å². The summed E-state index contributed by atoms with van der Waals surface area (Å²) in [6.07, 6.45) is 8.53. The van der Waals surface area contributed by atoms with E-state index in [-0.39, 0.29) is 0 Å². The van der Waals surface area contributed by atoms with Crippen LogP contribution >= 0.6 is 23.2 Å². The van der Waals surface area contributed by atoms with Crippen LogP contribution in [0.2, 0.25) is 10.0 Å². The second kappa shape index (κ2) is 10.8. The number of carbonyl (C=O) groups is 2. The number of primary amides is 1. The van der Waals surface area contributed by atoms with Gasteiger partial charge in [0.25, 0.3) is 0 Å². The SMILES string of the molecule is CCCCCCC(/C=C\c1ccc(Cl)c(Cl)c1)=N\NC(=O)C(N)=O. The Hall–Kier alpha value is -1.85. The van der Waals surface area contributed by atoms with E-state index in [2.05, 4.69) is 17.5 Å². The summed E-state index contributed by atoms with van der Waals surface area (Å²) in [7, 11) is 0. The number of benzene rings is 1. The monoisotopic (exact) mass is 369 g/mol. The number of nitrogens with one attached hydrogen (secondary N) is 1. The van der Waals surface area contributed by atoms with E-state index in [1.807, 2.05) is 12.1 Å². The van der Waals surface area contributed by atoms with Crippen LogP contribution < -0.4 is 11.2 Å². The molecule has 3 N–H and O–H groups in total. The van der Waals surface area contributed by atoms with Gasteiger partial charge in [-0.1, -0.05) is 61.5 Å². The van der Waals surface area contributed by atoms with Crippen LogP contribution in [0, 0.1) is 0 Å². The minimum atomic E-state index is -1.07. The first-order chi connectivity index (χ1) is 11.4. The third-order valence-electron chi connectivity index (χ3n) is 3.22. The Balaban J connectivity index is 2.80. The van der Waals surface area contributed by atoms with Gasteiger partial charge in [-0.3, -0.25) is 9.59 Å². The van der Waals surface area contributed by atoms with Gasteiger partial charge in [-0.2, -0.15) is 5.10 Å². The van der Waals surface area contributed by atoms with Gasteiger partial charge in [-0.25, -0.2) is 5.43 Å². The lowest BCUT2D eigenvalue weighted by Gasteiger charge is -2.03. The van der Waals surface area contributed by atoms with Gasteiger partial charge in [0.2, 0.25) is 0 Å². The van der Waals surface area contributed by atoms with Crippen LogP contribution in [0.4, 0.5) is 0 Å². The highest BCUT2D eigenvalue weighted by atomic mass is 35.5. The molecule has 0 heterocycles. The molecule has 2 amide bonds. The Kier molecular flexibility index (Phi) is 9.12. The Morgan fingerprint density at radius 1 is 1.21 bits per heavy atom. The van der Waals surface area contributed by atoms with E-state index in [0.29, 0.717) is 22.2 Å². The van der Waals surface area contributed by atoms with Crippen molar-refractivity contribution < 1.29 is 9.59 Å². The molecule has 0 aliphatic carbocycles. The highest BCUT2D eigenvalue weighted by Crippen LogP contribution is 2.23. The van der Waals surface area contributed by atoms with Crippen LogP contribution in [0.5, 0.6) is 0 Å². The second-order valence-corrected chi connectivity index (χ2v) is 6.04. The van der Waals surface area contributed by atoms with Crippen LogP contribution in [0.25, 0.3) is 6.08 Å². The van der Waals surface area contributed by atoms with E-state index in [1.165, 1.54) is 0 Å². The van der Waals surface area contributed by atoms with E-state index in [0.717, 1.165) is 31.2 Å². The Morgan fingerprint density at radius 2 is 1.96 bits per heavy atom. The number of hydrogen-bond donors (Lipinski definition) is 2. The van der Waals surface area contributed by atoms with Crippen molar-refractivity contribution in [1.82, 2.24) is 5.43 Å². The predicted molar refractivity (Wildman–Crippen MR) is 99.0 cm³/mol. The number of hydrogen-bond acceptors (Lipinski definition) is 3. The first-order valence-corrected chi connectivity index (χ1v) is 8.49. The van der Waals surface area contributed by atoms with Gasteiger partial charge >= 0.3 is 11.8 Å². The van der Waals surface area contributed by atoms with Crippen molar-refractivity contribution in [3.8, 4) is 0 Å². The maximum absolute atomic E-state index is 11.2. The fourth-order valence-electron chi connectivity index (χ4n) is 1.90. The number of nitrogens with two attached hydrogens (primary N) is 1. The van der Waals surface area contributed by atoms with Gasteiger partial charge in [0.15, 0.2) is 0 Å². The van der Waals surface area contributed by atoms with E-state index in [9.17, 15) is 9.59 Å². The molecule has 5 nitrogen and oxygen atoms in total. The number of hydrazone groups is 1. The van der Waals surface area contributed by atoms with Crippen LogP contribution in [-0.2, 0) is 9.59 Å². The third-order valence-corrected chi connectivity index (χ3v) is 3.96. The molecule has 1 aromatic carbocycles. The van der Waals surface area contributed by atoms with Crippen molar-refractivity contribution in [3.05, 3.63) is 39.9 Å². The van der Waals surface area contributed by atoms with Crippen molar-refractivity contribution in [2.45, 2.75) is 39.0 Å². The molecule has 0 saturated heterocycles. The van der Waals surface area contributed by atoms with Crippen LogP contribution in [0.1, 0.15) is 44.6 Å². The average molecular weight is 370 g/mol. The zero-order valence-corrected chi connectivity index (χ0v) is 15.0. The molecule has 1 rings (SSSR count). The Labute approximate surface area is 151 Å². The van der Waals surface area contributed by atoms with Gasteiger partial charge in [0.1, 0.15) is 0 Å². The van der Waals surface area contributed by atoms with Crippen molar-refractivity contribution in [2.24, 2.45) is 10.8 Å². The molecular formula is C17H21Cl2N3O2. The molecule has 1 aromatic rings. The first-order valence-electron chi connectivity index (χ1n) is 7.73. The summed E-state index contributed by atoms with van der Waals surface area (Å²) in [5.74, 6) is -2.01. The zero-order chi connectivity index (χ0) is 17.9. The number of halogens is 2. The minimum Gasteiger partial charge on any atom is -0.361 e. The lowest BCUT2D eigenvalue weighted by atomic mass is 10.1. The summed E-state index contributed by atoms with van der Waals surface area (Å²) < 4.78 is 0. The smallest absolute Gasteiger partial charge is 0.329 e. The number of rotatable bonds is 8. The number of nitrogens with zero attached hydrogens (tertiary/aromatic N) is 1. The first kappa shape index (κ1) is 20.2. The summed E-state index contributed by atoms with van der Waals surface area (Å²) in [6.45, 7) is 2.13. The summed E-state index contributed by atoms with van der Waals surface area (Å²) >= 11 is 11.9. The molecule has 0 radical (unpaired) electrons. The molecule has 24 heavy (non-hydrogen) atoms. The van der Waals surface area contributed by atoms with Gasteiger partial charge in [0, 0.05) is 0 Å². The molecule has 0 atom stereocenters. The molecule has 0 aliphatic heterocycles. The molecule has 0 fully saturated rings. The maximum atomic E-state index is 11.2. The highest BCUT2D eigenvalue weighted by Gasteiger charge is 2.07. The van der Waals surface area contributed by atoms with Crippen molar-refractivity contribution in [2.75, 3.05) is 0 Å². The molecule has 0 aliphatic rings. The molecule has 0 bridgehead atoms. The fraction of sp³-hybridized carbons (Fsp3) is 0.353. The number of carbonyl (C=O) groups excluding carboxylic acids is 2. The third kappa shape index (κ3) is 7.62. The van der Waals surface area contributed by atoms with Crippen molar-refractivity contribution >= 4 is 46.8 Å². The van der Waals surface area contributed by atoms with E-state index in [1.54, 1.807) is 18.2 Å². The van der Waals surface area contributed by atoms with Crippen molar-refractivity contribution in [1.29, 1.82) is 0 Å². The molecule has 0 spiro atoms. The normalized spacial score (nSPS) is 11.7. The summed E-state index contributed by atoms with van der Waals surface area (Å²) in [5, 5.41) is 4.91. The van der Waals surface area contributed by atoms with E-state index < -0.39 is 11.8 Å². The highest BCUT2D eigenvalue weighted by molar-refractivity contribution is 6.42. The molecule has 0 saturated carbocycles. The predicted octanol–water partition coefficient (Wildman–Crippen LogP) is 3.93. The Morgan fingerprint density at radius 3 is 2.58 bits per heavy atom. The number of allylic oxidation sites excluding steroid dienone is 1. The van der Waals surface area contributed by atoms with Crippen LogP contribution in [0.3, 0.4) is 0 Å². The van der Waals surface area contributed by atoms with Gasteiger partial charge in [-0.15, -0.1) is 0 Å². The quantitative estimate of drug-likeness (QED) is 0.314. The molecular weight excluding hydrogens is 349 g/mol. The zero-order valence-electron chi connectivity index (χ0n) is 13.5. The molecule has 0 unspecified atom stereocenters. The average Bonchev–Trinajstić information content (AvgIpc) is 2.55. The van der Waals surface area contributed by atoms with Gasteiger partial charge < -0.3 is 5.73 Å². The number of amides is 2. The lowest BCUT2D eigenvalue weighted by Crippen LogP contribution is -2.33. The summed E-state index contributed by atoms with van der Waals surface area (Å²) in [4.78, 5) is 22.0. The van der Waals surface area contributed by atoms with E-state index >= 15 is 0 Å². The van der Waals surface area contributed by atoms with Gasteiger partial charge in [0.05, 0.1) is 15.8 Å². The summed E-state index contributed by atoms with van der Waals surface area (Å²) in [5.41, 5.74) is 8.55. The minimum absolute atomic E-state index is 0.460. The van der Waals surface area contributed by atoms with E-state index in [4.69, 9.17) is 28.9 Å². The molecule has 7 heteroatoms. The number of unbranched alkanes of at least 4 members (excludes halogenated alkanes) is 3. The van der Waals surface area contributed by atoms with Crippen LogP contribution in [0.15, 0.2) is 29.4 Å². The maximum Gasteiger partial charge on any atom is 0.329 e. The second-order valence-electron chi connectivity index (χ2n) is 5.23. The Bertz CT molecular complexity index is 643.